The number of anilines is 2. The topological polar surface area (TPSA) is 129 Å². The number of amides is 1. The van der Waals surface area contributed by atoms with E-state index in [0.717, 1.165) is 10.2 Å². The van der Waals surface area contributed by atoms with Crippen LogP contribution in [0.25, 0.3) is 0 Å². The van der Waals surface area contributed by atoms with Gasteiger partial charge in [0.2, 0.25) is 10.0 Å². The monoisotopic (exact) mass is 622 g/mol. The van der Waals surface area contributed by atoms with Crippen LogP contribution in [-0.4, -0.2) is 72.9 Å². The summed E-state index contributed by atoms with van der Waals surface area (Å²) in [4.78, 5) is 13.6. The third kappa shape index (κ3) is 9.43. The number of alkyl halides is 3. The molecule has 0 saturated carbocycles. The van der Waals surface area contributed by atoms with Gasteiger partial charge in [-0.05, 0) is 49.9 Å². The summed E-state index contributed by atoms with van der Waals surface area (Å²) in [6, 6.07) is 13.5. The summed E-state index contributed by atoms with van der Waals surface area (Å²) in [7, 11) is -3.50. The molecular weight excluding hydrogens is 585 g/mol. The molecule has 0 radical (unpaired) electrons. The zero-order valence-corrected chi connectivity index (χ0v) is 24.7. The molecule has 4 N–H and O–H groups in total. The summed E-state index contributed by atoms with van der Waals surface area (Å²) in [6.07, 6.45) is -1.23. The van der Waals surface area contributed by atoms with Crippen molar-refractivity contribution in [2.24, 2.45) is 0 Å². The highest BCUT2D eigenvalue weighted by Gasteiger charge is 2.29. The molecule has 43 heavy (non-hydrogen) atoms. The molecule has 1 aliphatic rings. The molecule has 4 rings (SSSR count). The van der Waals surface area contributed by atoms with E-state index in [1.807, 2.05) is 37.3 Å². The number of halogens is 3. The van der Waals surface area contributed by atoms with Gasteiger partial charge in [-0.1, -0.05) is 30.3 Å². The SMILES string of the molecule is CCNc1cc(C(=O)N[C@@H](Cc2ccccc2)[C@H](O)CNCc2cnn(CC(F)(F)F)c2)cc(N2CCCCS2(=O)=O)c1. The van der Waals surface area contributed by atoms with E-state index in [9.17, 15) is 31.5 Å². The maximum Gasteiger partial charge on any atom is 0.408 e. The van der Waals surface area contributed by atoms with Gasteiger partial charge < -0.3 is 21.1 Å². The normalized spacial score (nSPS) is 16.4. The molecule has 0 bridgehead atoms. The van der Waals surface area contributed by atoms with Crippen LogP contribution in [0.4, 0.5) is 24.5 Å². The van der Waals surface area contributed by atoms with Gasteiger partial charge in [-0.15, -0.1) is 0 Å². The highest BCUT2D eigenvalue weighted by Crippen LogP contribution is 2.28. The molecule has 234 valence electrons. The Bertz CT molecular complexity index is 1470. The number of rotatable bonds is 13. The van der Waals surface area contributed by atoms with Crippen molar-refractivity contribution in [2.75, 3.05) is 35.0 Å². The number of aromatic nitrogens is 2. The van der Waals surface area contributed by atoms with Crippen LogP contribution in [0.3, 0.4) is 0 Å². The first-order valence-electron chi connectivity index (χ1n) is 14.1. The molecule has 10 nitrogen and oxygen atoms in total. The van der Waals surface area contributed by atoms with Crippen LogP contribution < -0.4 is 20.3 Å². The van der Waals surface area contributed by atoms with Crippen molar-refractivity contribution >= 4 is 27.3 Å². The number of hydrogen-bond donors (Lipinski definition) is 4. The van der Waals surface area contributed by atoms with Crippen molar-refractivity contribution in [3.8, 4) is 0 Å². The second-order valence-electron chi connectivity index (χ2n) is 10.5. The molecule has 1 aliphatic heterocycles. The van der Waals surface area contributed by atoms with Crippen LogP contribution in [-0.2, 0) is 29.5 Å². The highest BCUT2D eigenvalue weighted by molar-refractivity contribution is 7.92. The number of sulfonamides is 1. The first-order valence-corrected chi connectivity index (χ1v) is 15.8. The molecule has 0 unspecified atom stereocenters. The van der Waals surface area contributed by atoms with E-state index in [4.69, 9.17) is 0 Å². The van der Waals surface area contributed by atoms with E-state index in [1.165, 1.54) is 16.7 Å². The Balaban J connectivity index is 1.49. The zero-order chi connectivity index (χ0) is 31.0. The van der Waals surface area contributed by atoms with Crippen molar-refractivity contribution in [2.45, 2.75) is 57.6 Å². The van der Waals surface area contributed by atoms with E-state index < -0.39 is 40.8 Å². The summed E-state index contributed by atoms with van der Waals surface area (Å²) in [5.74, 6) is -0.439. The van der Waals surface area contributed by atoms with Crippen molar-refractivity contribution < 1.29 is 31.5 Å². The fourth-order valence-corrected chi connectivity index (χ4v) is 6.57. The van der Waals surface area contributed by atoms with Gasteiger partial charge in [-0.3, -0.25) is 13.8 Å². The van der Waals surface area contributed by atoms with Crippen LogP contribution in [0.15, 0.2) is 60.9 Å². The van der Waals surface area contributed by atoms with Crippen molar-refractivity contribution in [1.82, 2.24) is 20.4 Å². The average Bonchev–Trinajstić information content (AvgIpc) is 3.38. The Kier molecular flexibility index (Phi) is 10.7. The Morgan fingerprint density at radius 3 is 2.58 bits per heavy atom. The van der Waals surface area contributed by atoms with Gasteiger partial charge in [-0.2, -0.15) is 18.3 Å². The third-order valence-electron chi connectivity index (χ3n) is 6.99. The van der Waals surface area contributed by atoms with Gasteiger partial charge in [0.05, 0.1) is 29.8 Å². The Morgan fingerprint density at radius 2 is 1.88 bits per heavy atom. The number of aliphatic hydroxyl groups is 1. The number of carbonyl (C=O) groups is 1. The molecule has 1 amide bonds. The quantitative estimate of drug-likeness (QED) is 0.230. The molecule has 14 heteroatoms. The Morgan fingerprint density at radius 1 is 1.12 bits per heavy atom. The Hall–Kier alpha value is -3.62. The lowest BCUT2D eigenvalue weighted by Gasteiger charge is -2.29. The summed E-state index contributed by atoms with van der Waals surface area (Å²) in [5, 5.41) is 23.9. The van der Waals surface area contributed by atoms with Crippen molar-refractivity contribution in [3.05, 3.63) is 77.6 Å². The summed E-state index contributed by atoms with van der Waals surface area (Å²) in [6.45, 7) is 1.80. The molecule has 0 spiro atoms. The first kappa shape index (κ1) is 32.3. The molecule has 1 fully saturated rings. The largest absolute Gasteiger partial charge is 0.408 e. The van der Waals surface area contributed by atoms with E-state index in [0.29, 0.717) is 49.3 Å². The number of nitrogens with one attached hydrogen (secondary N) is 3. The van der Waals surface area contributed by atoms with Crippen LogP contribution in [0.5, 0.6) is 0 Å². The predicted octanol–water partition coefficient (Wildman–Crippen LogP) is 3.30. The van der Waals surface area contributed by atoms with E-state index in [1.54, 1.807) is 18.2 Å². The molecule has 2 heterocycles. The molecule has 1 aromatic heterocycles. The summed E-state index contributed by atoms with van der Waals surface area (Å²) in [5.41, 5.74) is 2.63. The van der Waals surface area contributed by atoms with Gasteiger partial charge in [0, 0.05) is 49.2 Å². The Labute approximate surface area is 249 Å². The number of aliphatic hydroxyl groups excluding tert-OH is 1. The minimum atomic E-state index is -4.38. The third-order valence-corrected chi connectivity index (χ3v) is 8.86. The number of hydrogen-bond acceptors (Lipinski definition) is 7. The van der Waals surface area contributed by atoms with Crippen LogP contribution in [0.2, 0.25) is 0 Å². The standard InChI is InChI=1S/C29H37F3N6O4S/c1-2-34-24-13-23(14-25(15-24)38-10-6-7-11-43(38,41)42)28(40)36-26(12-21-8-4-3-5-9-21)27(39)18-33-16-22-17-35-37(19-22)20-29(30,31)32/h3-5,8-9,13-15,17,19,26-27,33-34,39H,2,6-7,10-12,16,18,20H2,1H3,(H,36,40)/t26-,27+/m0/s1. The van der Waals surface area contributed by atoms with E-state index in [2.05, 4.69) is 21.0 Å². The lowest BCUT2D eigenvalue weighted by Crippen LogP contribution is -2.48. The second kappa shape index (κ2) is 14.2. The highest BCUT2D eigenvalue weighted by atomic mass is 32.2. The van der Waals surface area contributed by atoms with Gasteiger partial charge >= 0.3 is 6.18 Å². The van der Waals surface area contributed by atoms with Gasteiger partial charge in [0.1, 0.15) is 6.54 Å². The van der Waals surface area contributed by atoms with Crippen molar-refractivity contribution in [3.63, 3.8) is 0 Å². The summed E-state index contributed by atoms with van der Waals surface area (Å²) < 4.78 is 65.6. The van der Waals surface area contributed by atoms with Gasteiger partial charge in [-0.25, -0.2) is 8.42 Å². The van der Waals surface area contributed by atoms with Crippen LogP contribution in [0.1, 0.15) is 41.3 Å². The lowest BCUT2D eigenvalue weighted by atomic mass is 10.00. The van der Waals surface area contributed by atoms with Crippen LogP contribution >= 0.6 is 0 Å². The van der Waals surface area contributed by atoms with E-state index >= 15 is 0 Å². The molecule has 2 aromatic carbocycles. The minimum absolute atomic E-state index is 0.0386. The lowest BCUT2D eigenvalue weighted by molar-refractivity contribution is -0.142. The van der Waals surface area contributed by atoms with E-state index in [-0.39, 0.29) is 24.4 Å². The molecular formula is C29H37F3N6O4S. The molecule has 1 saturated heterocycles. The average molecular weight is 623 g/mol. The smallest absolute Gasteiger partial charge is 0.390 e. The zero-order valence-electron chi connectivity index (χ0n) is 23.8. The molecule has 0 aliphatic carbocycles. The van der Waals surface area contributed by atoms with Crippen molar-refractivity contribution in [1.29, 1.82) is 0 Å². The summed E-state index contributed by atoms with van der Waals surface area (Å²) >= 11 is 0. The number of nitrogens with zero attached hydrogens (tertiary/aromatic N) is 3. The number of benzene rings is 2. The maximum atomic E-state index is 13.6. The first-order chi connectivity index (χ1) is 20.4. The number of carbonyl (C=O) groups excluding carboxylic acids is 1. The minimum Gasteiger partial charge on any atom is -0.390 e. The van der Waals surface area contributed by atoms with Gasteiger partial charge in [0.25, 0.3) is 5.91 Å². The fourth-order valence-electron chi connectivity index (χ4n) is 4.95. The second-order valence-corrected chi connectivity index (χ2v) is 12.5. The molecule has 2 atom stereocenters. The maximum absolute atomic E-state index is 13.6. The van der Waals surface area contributed by atoms with Crippen LogP contribution in [0, 0.1) is 0 Å². The predicted molar refractivity (Wildman–Crippen MR) is 158 cm³/mol. The molecule has 3 aromatic rings. The van der Waals surface area contributed by atoms with Gasteiger partial charge in [0.15, 0.2) is 0 Å². The fraction of sp³-hybridized carbons (Fsp3) is 0.448.